The molecule has 0 aliphatic carbocycles. The van der Waals surface area contributed by atoms with E-state index in [1.54, 1.807) is 0 Å². The van der Waals surface area contributed by atoms with Gasteiger partial charge in [-0.2, -0.15) is 0 Å². The zero-order valence-electron chi connectivity index (χ0n) is 12.4. The van der Waals surface area contributed by atoms with E-state index in [2.05, 4.69) is 64.8 Å². The van der Waals surface area contributed by atoms with Crippen LogP contribution in [0.25, 0.3) is 0 Å². The van der Waals surface area contributed by atoms with Crippen molar-refractivity contribution in [1.29, 1.82) is 0 Å². The molecule has 0 bridgehead atoms. The second-order valence-electron chi connectivity index (χ2n) is 5.56. The van der Waals surface area contributed by atoms with Gasteiger partial charge in [-0.3, -0.25) is 0 Å². The molecule has 0 fully saturated rings. The minimum Gasteiger partial charge on any atom is -0.305 e. The molecular weight excluding hydrogens is 208 g/mol. The van der Waals surface area contributed by atoms with Crippen LogP contribution in [0, 0.1) is 20.8 Å². The first-order valence-corrected chi connectivity index (χ1v) is 6.21. The Balaban J connectivity index is 3.22. The summed E-state index contributed by atoms with van der Waals surface area (Å²) < 4.78 is 0. The Kier molecular flexibility index (Phi) is 4.72. The highest BCUT2D eigenvalue weighted by molar-refractivity contribution is 5.44. The van der Waals surface area contributed by atoms with Gasteiger partial charge >= 0.3 is 0 Å². The quantitative estimate of drug-likeness (QED) is 0.790. The Bertz CT molecular complexity index is 392. The van der Waals surface area contributed by atoms with E-state index in [9.17, 15) is 0 Å². The molecule has 0 aliphatic rings. The average Bonchev–Trinajstić information content (AvgIpc) is 2.20. The summed E-state index contributed by atoms with van der Waals surface area (Å²) in [5, 5.41) is 0. The summed E-state index contributed by atoms with van der Waals surface area (Å²) in [5.41, 5.74) is 7.25. The van der Waals surface area contributed by atoms with Gasteiger partial charge in [-0.15, -0.1) is 0 Å². The summed E-state index contributed by atoms with van der Waals surface area (Å²) in [6.07, 6.45) is 0. The van der Waals surface area contributed by atoms with E-state index in [0.717, 1.165) is 13.1 Å². The van der Waals surface area contributed by atoms with Crippen molar-refractivity contribution in [1.82, 2.24) is 9.80 Å². The van der Waals surface area contributed by atoms with Gasteiger partial charge in [0.25, 0.3) is 0 Å². The summed E-state index contributed by atoms with van der Waals surface area (Å²) in [4.78, 5) is 4.48. The zero-order chi connectivity index (χ0) is 13.2. The minimum atomic E-state index is 1.02. The fraction of sp³-hybridized carbons (Fsp3) is 0.600. The molecule has 0 atom stereocenters. The van der Waals surface area contributed by atoms with Crippen molar-refractivity contribution in [3.63, 3.8) is 0 Å². The molecule has 0 spiro atoms. The van der Waals surface area contributed by atoms with Gasteiger partial charge in [0.15, 0.2) is 0 Å². The molecule has 0 amide bonds. The molecule has 96 valence electrons. The van der Waals surface area contributed by atoms with Crippen LogP contribution < -0.4 is 0 Å². The van der Waals surface area contributed by atoms with Crippen molar-refractivity contribution in [2.75, 3.05) is 28.2 Å². The van der Waals surface area contributed by atoms with Gasteiger partial charge in [0.05, 0.1) is 0 Å². The molecule has 0 N–H and O–H groups in total. The topological polar surface area (TPSA) is 6.48 Å². The summed E-state index contributed by atoms with van der Waals surface area (Å²) in [6.45, 7) is 8.75. The van der Waals surface area contributed by atoms with Crippen LogP contribution in [-0.2, 0) is 13.1 Å². The van der Waals surface area contributed by atoms with Gasteiger partial charge in [0, 0.05) is 13.1 Å². The zero-order valence-corrected chi connectivity index (χ0v) is 12.4. The molecule has 0 unspecified atom stereocenters. The maximum Gasteiger partial charge on any atom is 0.0233 e. The average molecular weight is 234 g/mol. The van der Waals surface area contributed by atoms with Crippen molar-refractivity contribution in [2.45, 2.75) is 33.9 Å². The molecule has 2 nitrogen and oxygen atoms in total. The highest BCUT2D eigenvalue weighted by atomic mass is 15.1. The number of rotatable bonds is 4. The molecule has 0 saturated heterocycles. The van der Waals surface area contributed by atoms with Gasteiger partial charge < -0.3 is 9.80 Å². The van der Waals surface area contributed by atoms with E-state index in [1.807, 2.05) is 0 Å². The monoisotopic (exact) mass is 234 g/mol. The minimum absolute atomic E-state index is 1.02. The van der Waals surface area contributed by atoms with E-state index in [4.69, 9.17) is 0 Å². The molecule has 17 heavy (non-hydrogen) atoms. The third kappa shape index (κ3) is 3.55. The van der Waals surface area contributed by atoms with Crippen molar-refractivity contribution >= 4 is 0 Å². The summed E-state index contributed by atoms with van der Waals surface area (Å²) in [6, 6.07) is 2.34. The lowest BCUT2D eigenvalue weighted by atomic mass is 9.93. The van der Waals surface area contributed by atoms with E-state index in [-0.39, 0.29) is 0 Å². The third-order valence-electron chi connectivity index (χ3n) is 3.33. The Morgan fingerprint density at radius 3 is 1.82 bits per heavy atom. The van der Waals surface area contributed by atoms with Crippen molar-refractivity contribution in [3.05, 3.63) is 33.9 Å². The Hall–Kier alpha value is -0.860. The molecule has 0 aliphatic heterocycles. The van der Waals surface area contributed by atoms with Gasteiger partial charge in [-0.05, 0) is 76.8 Å². The molecule has 1 rings (SSSR count). The molecule has 0 heterocycles. The Labute approximate surface area is 106 Å². The maximum absolute atomic E-state index is 2.34. The molecular formula is C15H26N2. The van der Waals surface area contributed by atoms with Gasteiger partial charge in [-0.25, -0.2) is 0 Å². The highest BCUT2D eigenvalue weighted by Crippen LogP contribution is 2.23. The molecule has 0 radical (unpaired) electrons. The maximum atomic E-state index is 2.34. The van der Waals surface area contributed by atoms with Gasteiger partial charge in [0.1, 0.15) is 0 Å². The molecule has 2 heteroatoms. The lowest BCUT2D eigenvalue weighted by Gasteiger charge is -2.21. The van der Waals surface area contributed by atoms with Crippen LogP contribution in [0.4, 0.5) is 0 Å². The van der Waals surface area contributed by atoms with Crippen LogP contribution in [0.1, 0.15) is 27.8 Å². The number of benzene rings is 1. The Morgan fingerprint density at radius 2 is 1.35 bits per heavy atom. The number of aryl methyl sites for hydroxylation is 1. The van der Waals surface area contributed by atoms with E-state index in [1.165, 1.54) is 27.8 Å². The Morgan fingerprint density at radius 1 is 0.824 bits per heavy atom. The van der Waals surface area contributed by atoms with Crippen molar-refractivity contribution in [3.8, 4) is 0 Å². The fourth-order valence-electron chi connectivity index (χ4n) is 2.25. The first kappa shape index (κ1) is 14.2. The van der Waals surface area contributed by atoms with Crippen LogP contribution in [-0.4, -0.2) is 38.0 Å². The molecule has 0 aromatic heterocycles. The van der Waals surface area contributed by atoms with Crippen molar-refractivity contribution < 1.29 is 0 Å². The smallest absolute Gasteiger partial charge is 0.0233 e. The number of nitrogens with zero attached hydrogens (tertiary/aromatic N) is 2. The van der Waals surface area contributed by atoms with Gasteiger partial charge in [-0.1, -0.05) is 6.07 Å². The van der Waals surface area contributed by atoms with E-state index < -0.39 is 0 Å². The molecule has 1 aromatic rings. The largest absolute Gasteiger partial charge is 0.305 e. The first-order valence-electron chi connectivity index (χ1n) is 6.21. The molecule has 1 aromatic carbocycles. The van der Waals surface area contributed by atoms with Crippen LogP contribution in [0.3, 0.4) is 0 Å². The second-order valence-corrected chi connectivity index (χ2v) is 5.56. The van der Waals surface area contributed by atoms with Crippen LogP contribution in [0.2, 0.25) is 0 Å². The molecule has 0 saturated carbocycles. The predicted molar refractivity (Wildman–Crippen MR) is 75.4 cm³/mol. The van der Waals surface area contributed by atoms with Crippen LogP contribution in [0.5, 0.6) is 0 Å². The highest BCUT2D eigenvalue weighted by Gasteiger charge is 2.11. The second kappa shape index (κ2) is 5.65. The number of hydrogen-bond donors (Lipinski definition) is 0. The van der Waals surface area contributed by atoms with Crippen molar-refractivity contribution in [2.24, 2.45) is 0 Å². The lowest BCUT2D eigenvalue weighted by Crippen LogP contribution is -2.17. The van der Waals surface area contributed by atoms with E-state index in [0.29, 0.717) is 0 Å². The SMILES string of the molecule is Cc1cc(CN(C)C)c(C)c(CN(C)C)c1C. The van der Waals surface area contributed by atoms with E-state index >= 15 is 0 Å². The fourth-order valence-corrected chi connectivity index (χ4v) is 2.25. The van der Waals surface area contributed by atoms with Crippen LogP contribution >= 0.6 is 0 Å². The standard InChI is InChI=1S/C15H26N2/c1-11-8-14(9-16(4)5)13(3)15(12(11)2)10-17(6)7/h8H,9-10H2,1-7H3. The summed E-state index contributed by atoms with van der Waals surface area (Å²) >= 11 is 0. The van der Waals surface area contributed by atoms with Gasteiger partial charge in [0.2, 0.25) is 0 Å². The summed E-state index contributed by atoms with van der Waals surface area (Å²) in [7, 11) is 8.51. The van der Waals surface area contributed by atoms with Crippen LogP contribution in [0.15, 0.2) is 6.07 Å². The lowest BCUT2D eigenvalue weighted by molar-refractivity contribution is 0.392. The first-order chi connectivity index (χ1) is 7.82. The normalized spacial score (nSPS) is 11.6. The summed E-state index contributed by atoms with van der Waals surface area (Å²) in [5.74, 6) is 0. The third-order valence-corrected chi connectivity index (χ3v) is 3.33. The predicted octanol–water partition coefficient (Wildman–Crippen LogP) is 2.74. The number of hydrogen-bond acceptors (Lipinski definition) is 2.